The molecule has 2 aromatic carbocycles. The van der Waals surface area contributed by atoms with Gasteiger partial charge in [-0.05, 0) is 48.7 Å². The summed E-state index contributed by atoms with van der Waals surface area (Å²) in [6.07, 6.45) is 3.32. The summed E-state index contributed by atoms with van der Waals surface area (Å²) in [5, 5.41) is 0. The Morgan fingerprint density at radius 2 is 1.78 bits per heavy atom. The van der Waals surface area contributed by atoms with Crippen molar-refractivity contribution in [3.05, 3.63) is 66.1 Å². The topological polar surface area (TPSA) is 74.8 Å². The summed E-state index contributed by atoms with van der Waals surface area (Å²) in [4.78, 5) is 7.28. The first kappa shape index (κ1) is 15.3. The molecular formula is C17H17N3O2S. The van der Waals surface area contributed by atoms with E-state index in [1.807, 2.05) is 31.2 Å². The molecule has 0 saturated heterocycles. The van der Waals surface area contributed by atoms with Crippen LogP contribution in [0.4, 0.5) is 5.69 Å². The summed E-state index contributed by atoms with van der Waals surface area (Å²) < 4.78 is 27.7. The molecule has 0 aliphatic rings. The number of benzene rings is 2. The molecule has 0 radical (unpaired) electrons. The van der Waals surface area contributed by atoms with Gasteiger partial charge in [0.2, 0.25) is 0 Å². The molecule has 1 heterocycles. The average molecular weight is 327 g/mol. The summed E-state index contributed by atoms with van der Waals surface area (Å²) in [5.41, 5.74) is 3.98. The predicted molar refractivity (Wildman–Crippen MR) is 90.7 cm³/mol. The van der Waals surface area contributed by atoms with Gasteiger partial charge >= 0.3 is 0 Å². The molecule has 0 amide bonds. The zero-order valence-electron chi connectivity index (χ0n) is 12.9. The number of hydrogen-bond donors (Lipinski definition) is 2. The molecule has 0 fully saturated rings. The van der Waals surface area contributed by atoms with Crippen LogP contribution < -0.4 is 4.72 Å². The maximum Gasteiger partial charge on any atom is 0.262 e. The van der Waals surface area contributed by atoms with Crippen LogP contribution in [0.5, 0.6) is 0 Å². The number of aromatic amines is 1. The zero-order chi connectivity index (χ0) is 16.4. The van der Waals surface area contributed by atoms with Crippen LogP contribution in [-0.4, -0.2) is 18.4 Å². The van der Waals surface area contributed by atoms with Gasteiger partial charge < -0.3 is 4.98 Å². The summed E-state index contributed by atoms with van der Waals surface area (Å²) in [6.45, 7) is 3.66. The number of imidazole rings is 1. The minimum atomic E-state index is -3.60. The number of nitrogens with zero attached hydrogens (tertiary/aromatic N) is 1. The number of aryl methyl sites for hydroxylation is 2. The van der Waals surface area contributed by atoms with Gasteiger partial charge in [0.1, 0.15) is 0 Å². The molecule has 3 rings (SSSR count). The van der Waals surface area contributed by atoms with Crippen LogP contribution in [-0.2, 0) is 10.0 Å². The number of anilines is 1. The second kappa shape index (κ2) is 5.89. The van der Waals surface area contributed by atoms with Gasteiger partial charge in [-0.2, -0.15) is 0 Å². The van der Waals surface area contributed by atoms with Gasteiger partial charge in [-0.25, -0.2) is 13.4 Å². The third kappa shape index (κ3) is 3.27. The van der Waals surface area contributed by atoms with E-state index in [1.54, 1.807) is 37.6 Å². The van der Waals surface area contributed by atoms with Crippen molar-refractivity contribution < 1.29 is 8.42 Å². The molecule has 0 spiro atoms. The Balaban J connectivity index is 1.87. The highest BCUT2D eigenvalue weighted by Crippen LogP contribution is 2.23. The molecule has 23 heavy (non-hydrogen) atoms. The van der Waals surface area contributed by atoms with E-state index in [9.17, 15) is 8.42 Å². The molecule has 3 aromatic rings. The lowest BCUT2D eigenvalue weighted by molar-refractivity contribution is 0.600. The monoisotopic (exact) mass is 327 g/mol. The van der Waals surface area contributed by atoms with Crippen molar-refractivity contribution in [3.63, 3.8) is 0 Å². The zero-order valence-corrected chi connectivity index (χ0v) is 13.7. The minimum absolute atomic E-state index is 0.301. The number of hydrogen-bond acceptors (Lipinski definition) is 3. The third-order valence-corrected chi connectivity index (χ3v) is 5.10. The fourth-order valence-electron chi connectivity index (χ4n) is 2.34. The molecule has 1 aromatic heterocycles. The number of H-pyrrole nitrogens is 1. The Hall–Kier alpha value is -2.60. The highest BCUT2D eigenvalue weighted by Gasteiger charge is 2.17. The Morgan fingerprint density at radius 1 is 1.04 bits per heavy atom. The summed E-state index contributed by atoms with van der Waals surface area (Å²) in [5.74, 6) is 0. The van der Waals surface area contributed by atoms with Crippen molar-refractivity contribution in [2.24, 2.45) is 0 Å². The largest absolute Gasteiger partial charge is 0.345 e. The van der Waals surface area contributed by atoms with Crippen LogP contribution in [0.2, 0.25) is 0 Å². The molecule has 0 bridgehead atoms. The van der Waals surface area contributed by atoms with Gasteiger partial charge in [-0.15, -0.1) is 0 Å². The minimum Gasteiger partial charge on any atom is -0.345 e. The van der Waals surface area contributed by atoms with Gasteiger partial charge in [0.05, 0.1) is 23.1 Å². The summed E-state index contributed by atoms with van der Waals surface area (Å²) in [7, 11) is -3.60. The van der Waals surface area contributed by atoms with E-state index in [1.165, 1.54) is 0 Å². The lowest BCUT2D eigenvalue weighted by Gasteiger charge is -2.11. The fourth-order valence-corrected chi connectivity index (χ4v) is 3.73. The molecule has 6 heteroatoms. The third-order valence-electron chi connectivity index (χ3n) is 3.58. The van der Waals surface area contributed by atoms with Crippen LogP contribution in [0.1, 0.15) is 11.1 Å². The Bertz CT molecular complexity index is 915. The van der Waals surface area contributed by atoms with Crippen molar-refractivity contribution in [1.82, 2.24) is 9.97 Å². The van der Waals surface area contributed by atoms with Gasteiger partial charge in [0.15, 0.2) is 0 Å². The van der Waals surface area contributed by atoms with Crippen molar-refractivity contribution in [3.8, 4) is 11.3 Å². The first-order valence-electron chi connectivity index (χ1n) is 7.14. The molecule has 118 valence electrons. The second-order valence-corrected chi connectivity index (χ2v) is 7.07. The number of rotatable bonds is 4. The van der Waals surface area contributed by atoms with Crippen molar-refractivity contribution in [2.75, 3.05) is 4.72 Å². The lowest BCUT2D eigenvalue weighted by atomic mass is 10.1. The molecule has 0 unspecified atom stereocenters. The first-order valence-corrected chi connectivity index (χ1v) is 8.63. The Labute approximate surface area is 135 Å². The number of aromatic nitrogens is 2. The van der Waals surface area contributed by atoms with Crippen LogP contribution >= 0.6 is 0 Å². The molecule has 5 nitrogen and oxygen atoms in total. The molecule has 0 aliphatic carbocycles. The smallest absolute Gasteiger partial charge is 0.262 e. The van der Waals surface area contributed by atoms with Gasteiger partial charge in [0, 0.05) is 5.69 Å². The summed E-state index contributed by atoms with van der Waals surface area (Å²) >= 11 is 0. The molecular weight excluding hydrogens is 310 g/mol. The number of sulfonamides is 1. The Kier molecular flexibility index (Phi) is 3.92. The van der Waals surface area contributed by atoms with E-state index in [0.717, 1.165) is 22.4 Å². The molecule has 0 saturated carbocycles. The van der Waals surface area contributed by atoms with Crippen molar-refractivity contribution >= 4 is 15.7 Å². The van der Waals surface area contributed by atoms with E-state index in [2.05, 4.69) is 14.7 Å². The number of nitrogens with one attached hydrogen (secondary N) is 2. The normalized spacial score (nSPS) is 11.4. The fraction of sp³-hybridized carbons (Fsp3) is 0.118. The molecule has 0 atom stereocenters. The average Bonchev–Trinajstić information content (AvgIpc) is 3.04. The van der Waals surface area contributed by atoms with Crippen LogP contribution in [0.3, 0.4) is 0 Å². The van der Waals surface area contributed by atoms with Crippen LogP contribution in [0.15, 0.2) is 59.9 Å². The lowest BCUT2D eigenvalue weighted by Crippen LogP contribution is -2.14. The van der Waals surface area contributed by atoms with Crippen LogP contribution in [0.25, 0.3) is 11.3 Å². The van der Waals surface area contributed by atoms with Gasteiger partial charge in [0.25, 0.3) is 10.0 Å². The van der Waals surface area contributed by atoms with E-state index < -0.39 is 10.0 Å². The van der Waals surface area contributed by atoms with Crippen molar-refractivity contribution in [1.29, 1.82) is 0 Å². The standard InChI is InChI=1S/C17H17N3O2S/c1-12-3-4-13(2)17(9-12)23(21,22)20-15-7-5-14(6-8-15)16-10-18-11-19-16/h3-11,20H,1-2H3,(H,18,19). The molecule has 0 aliphatic heterocycles. The van der Waals surface area contributed by atoms with E-state index in [0.29, 0.717) is 10.6 Å². The van der Waals surface area contributed by atoms with Gasteiger partial charge in [-0.3, -0.25) is 4.72 Å². The van der Waals surface area contributed by atoms with E-state index in [-0.39, 0.29) is 0 Å². The molecule has 2 N–H and O–H groups in total. The highest BCUT2D eigenvalue weighted by molar-refractivity contribution is 7.92. The quantitative estimate of drug-likeness (QED) is 0.770. The van der Waals surface area contributed by atoms with Crippen molar-refractivity contribution in [2.45, 2.75) is 18.7 Å². The first-order chi connectivity index (χ1) is 11.0. The highest BCUT2D eigenvalue weighted by atomic mass is 32.2. The van der Waals surface area contributed by atoms with E-state index in [4.69, 9.17) is 0 Å². The summed E-state index contributed by atoms with van der Waals surface area (Å²) in [6, 6.07) is 12.5. The van der Waals surface area contributed by atoms with Crippen LogP contribution in [0, 0.1) is 13.8 Å². The van der Waals surface area contributed by atoms with E-state index >= 15 is 0 Å². The Morgan fingerprint density at radius 3 is 2.43 bits per heavy atom. The van der Waals surface area contributed by atoms with Gasteiger partial charge in [-0.1, -0.05) is 24.3 Å². The maximum atomic E-state index is 12.6. The maximum absolute atomic E-state index is 12.6. The predicted octanol–water partition coefficient (Wildman–Crippen LogP) is 3.49. The SMILES string of the molecule is Cc1ccc(C)c(S(=O)(=O)Nc2ccc(-c3cnc[nH]3)cc2)c1. The second-order valence-electron chi connectivity index (χ2n) is 5.42.